The number of aliphatic hydroxyl groups is 1. The number of rotatable bonds is 5. The SMILES string of the molecule is O=c1[nH]c(=O)n(C2OC(COP3(=O)OCc4ccccc4O3)(C(F)F)C(F)C2O)cc1F. The van der Waals surface area contributed by atoms with Crippen LogP contribution in [-0.2, 0) is 25.0 Å². The van der Waals surface area contributed by atoms with Crippen LogP contribution in [0.3, 0.4) is 0 Å². The number of nitrogens with one attached hydrogen (secondary N) is 1. The summed E-state index contributed by atoms with van der Waals surface area (Å²) in [4.78, 5) is 24.6. The summed E-state index contributed by atoms with van der Waals surface area (Å²) >= 11 is 0. The van der Waals surface area contributed by atoms with Crippen LogP contribution in [0.25, 0.3) is 0 Å². The molecule has 0 radical (unpaired) electrons. The lowest BCUT2D eigenvalue weighted by atomic mass is 9.98. The number of alkyl halides is 3. The third-order valence-electron chi connectivity index (χ3n) is 4.98. The van der Waals surface area contributed by atoms with E-state index in [1.165, 1.54) is 11.1 Å². The maximum Gasteiger partial charge on any atom is 0.530 e. The Morgan fingerprint density at radius 2 is 2.06 bits per heavy atom. The fraction of sp³-hybridized carbons (Fsp3) is 0.412. The van der Waals surface area contributed by atoms with E-state index in [4.69, 9.17) is 18.3 Å². The molecular weight excluding hydrogens is 467 g/mol. The molecule has 10 nitrogen and oxygen atoms in total. The van der Waals surface area contributed by atoms with Crippen molar-refractivity contribution >= 4 is 7.82 Å². The van der Waals surface area contributed by atoms with Crippen molar-refractivity contribution in [2.45, 2.75) is 37.1 Å². The molecule has 32 heavy (non-hydrogen) atoms. The number of halogens is 4. The van der Waals surface area contributed by atoms with Gasteiger partial charge in [0.1, 0.15) is 11.9 Å². The summed E-state index contributed by atoms with van der Waals surface area (Å²) in [7, 11) is -4.48. The minimum atomic E-state index is -4.48. The van der Waals surface area contributed by atoms with Gasteiger partial charge in [-0.3, -0.25) is 23.4 Å². The number of phosphoric ester groups is 1. The molecule has 0 spiro atoms. The molecule has 4 rings (SSSR count). The van der Waals surface area contributed by atoms with E-state index in [0.29, 0.717) is 5.56 Å². The Labute approximate surface area is 175 Å². The predicted octanol–water partition coefficient (Wildman–Crippen LogP) is 1.64. The van der Waals surface area contributed by atoms with E-state index < -0.39 is 62.0 Å². The molecule has 2 aromatic rings. The van der Waals surface area contributed by atoms with Crippen LogP contribution in [0.15, 0.2) is 40.1 Å². The monoisotopic (exact) mass is 482 g/mol. The topological polar surface area (TPSA) is 129 Å². The maximum atomic E-state index is 14.9. The molecule has 0 amide bonds. The Bertz CT molecular complexity index is 1190. The smallest absolute Gasteiger partial charge is 0.404 e. The van der Waals surface area contributed by atoms with Crippen LogP contribution in [-0.4, -0.2) is 45.6 Å². The number of para-hydroxylation sites is 1. The third kappa shape index (κ3) is 3.77. The average Bonchev–Trinajstić information content (AvgIpc) is 3.01. The first-order chi connectivity index (χ1) is 15.1. The lowest BCUT2D eigenvalue weighted by molar-refractivity contribution is -0.185. The molecule has 1 aromatic carbocycles. The Kier molecular flexibility index (Phi) is 5.75. The van der Waals surface area contributed by atoms with E-state index in [9.17, 15) is 36.8 Å². The summed E-state index contributed by atoms with van der Waals surface area (Å²) in [6.45, 7) is -1.66. The molecule has 2 N–H and O–H groups in total. The van der Waals surface area contributed by atoms with Gasteiger partial charge in [-0.1, -0.05) is 18.2 Å². The molecule has 5 unspecified atom stereocenters. The highest BCUT2D eigenvalue weighted by Gasteiger charge is 2.63. The fourth-order valence-corrected chi connectivity index (χ4v) is 4.52. The summed E-state index contributed by atoms with van der Waals surface area (Å²) in [5.41, 5.74) is -5.48. The van der Waals surface area contributed by atoms with Gasteiger partial charge in [-0.25, -0.2) is 22.5 Å². The number of aliphatic hydroxyl groups excluding tert-OH is 1. The summed E-state index contributed by atoms with van der Waals surface area (Å²) in [5.74, 6) is -1.40. The first kappa shape index (κ1) is 22.7. The molecule has 174 valence electrons. The predicted molar refractivity (Wildman–Crippen MR) is 96.5 cm³/mol. The maximum absolute atomic E-state index is 14.9. The summed E-state index contributed by atoms with van der Waals surface area (Å²) < 4.78 is 89.1. The van der Waals surface area contributed by atoms with Crippen molar-refractivity contribution in [3.05, 3.63) is 62.7 Å². The highest BCUT2D eigenvalue weighted by molar-refractivity contribution is 7.49. The molecule has 3 heterocycles. The van der Waals surface area contributed by atoms with Crippen LogP contribution in [0, 0.1) is 5.82 Å². The number of hydrogen-bond donors (Lipinski definition) is 2. The van der Waals surface area contributed by atoms with Gasteiger partial charge in [0.25, 0.3) is 12.0 Å². The van der Waals surface area contributed by atoms with Gasteiger partial charge in [-0.2, -0.15) is 4.39 Å². The van der Waals surface area contributed by atoms with Crippen LogP contribution in [0.1, 0.15) is 11.8 Å². The zero-order chi connectivity index (χ0) is 23.3. The lowest BCUT2D eigenvalue weighted by Crippen LogP contribution is -2.50. The second-order valence-corrected chi connectivity index (χ2v) is 8.59. The number of nitrogens with zero attached hydrogens (tertiary/aromatic N) is 1. The molecule has 2 aliphatic heterocycles. The number of hydrogen-bond acceptors (Lipinski definition) is 8. The van der Waals surface area contributed by atoms with Crippen molar-refractivity contribution in [2.75, 3.05) is 6.61 Å². The Morgan fingerprint density at radius 1 is 1.34 bits per heavy atom. The summed E-state index contributed by atoms with van der Waals surface area (Å²) in [6, 6.07) is 6.23. The molecule has 0 bridgehead atoms. The van der Waals surface area contributed by atoms with Crippen molar-refractivity contribution < 1.29 is 45.5 Å². The molecule has 5 atom stereocenters. The number of benzene rings is 1. The van der Waals surface area contributed by atoms with Gasteiger partial charge in [0.15, 0.2) is 18.0 Å². The zero-order valence-corrected chi connectivity index (χ0v) is 16.7. The number of fused-ring (bicyclic) bond motifs is 1. The van der Waals surface area contributed by atoms with E-state index in [-0.39, 0.29) is 23.1 Å². The van der Waals surface area contributed by atoms with E-state index in [2.05, 4.69) is 0 Å². The molecule has 1 aromatic heterocycles. The second kappa shape index (κ2) is 8.12. The minimum Gasteiger partial charge on any atom is -0.404 e. The number of aromatic nitrogens is 2. The van der Waals surface area contributed by atoms with Crippen LogP contribution in [0.2, 0.25) is 0 Å². The van der Waals surface area contributed by atoms with Gasteiger partial charge in [0.2, 0.25) is 5.82 Å². The second-order valence-electron chi connectivity index (χ2n) is 6.99. The lowest BCUT2D eigenvalue weighted by Gasteiger charge is -2.32. The van der Waals surface area contributed by atoms with Crippen molar-refractivity contribution in [3.63, 3.8) is 0 Å². The van der Waals surface area contributed by atoms with Crippen molar-refractivity contribution in [2.24, 2.45) is 0 Å². The van der Waals surface area contributed by atoms with Gasteiger partial charge in [-0.05, 0) is 6.07 Å². The first-order valence-corrected chi connectivity index (χ1v) is 10.5. The van der Waals surface area contributed by atoms with Crippen molar-refractivity contribution in [1.29, 1.82) is 0 Å². The highest BCUT2D eigenvalue weighted by atomic mass is 31.2. The Balaban J connectivity index is 1.60. The van der Waals surface area contributed by atoms with E-state index in [1.54, 1.807) is 18.2 Å². The number of H-pyrrole nitrogens is 1. The quantitative estimate of drug-likeness (QED) is 0.486. The van der Waals surface area contributed by atoms with E-state index in [1.807, 2.05) is 0 Å². The summed E-state index contributed by atoms with van der Waals surface area (Å²) in [5, 5.41) is 10.1. The van der Waals surface area contributed by atoms with Crippen molar-refractivity contribution in [3.8, 4) is 5.75 Å². The Morgan fingerprint density at radius 3 is 2.78 bits per heavy atom. The van der Waals surface area contributed by atoms with Crippen LogP contribution in [0.5, 0.6) is 5.75 Å². The molecule has 15 heteroatoms. The van der Waals surface area contributed by atoms with E-state index in [0.717, 1.165) is 0 Å². The van der Waals surface area contributed by atoms with Gasteiger partial charge < -0.3 is 14.4 Å². The largest absolute Gasteiger partial charge is 0.530 e. The third-order valence-corrected chi connectivity index (χ3v) is 6.29. The first-order valence-electron chi connectivity index (χ1n) is 9.02. The number of aromatic amines is 1. The molecule has 1 saturated heterocycles. The normalized spacial score (nSPS) is 32.0. The molecule has 1 fully saturated rings. The number of phosphoric acid groups is 1. The molecule has 2 aliphatic rings. The van der Waals surface area contributed by atoms with Crippen LogP contribution >= 0.6 is 7.82 Å². The summed E-state index contributed by atoms with van der Waals surface area (Å²) in [6.07, 6.45) is -10.8. The van der Waals surface area contributed by atoms with Gasteiger partial charge in [-0.15, -0.1) is 0 Å². The fourth-order valence-electron chi connectivity index (χ4n) is 3.26. The average molecular weight is 482 g/mol. The van der Waals surface area contributed by atoms with Crippen LogP contribution in [0.4, 0.5) is 17.6 Å². The minimum absolute atomic E-state index is 0.102. The van der Waals surface area contributed by atoms with E-state index >= 15 is 0 Å². The van der Waals surface area contributed by atoms with Crippen LogP contribution < -0.4 is 15.8 Å². The van der Waals surface area contributed by atoms with Gasteiger partial charge >= 0.3 is 13.5 Å². The number of ether oxygens (including phenoxy) is 1. The molecule has 0 saturated carbocycles. The van der Waals surface area contributed by atoms with Gasteiger partial charge in [0, 0.05) is 5.56 Å². The standard InChI is InChI=1S/C17H15F4N2O8P/c18-9-5-23(16(26)22-13(9)25)14-11(24)12(19)17(30-14,15(20)21)7-29-32(27)28-6-8-3-1-2-4-10(8)31-32/h1-5,11-12,14-15,24H,6-7H2,(H,22,25,26). The zero-order valence-electron chi connectivity index (χ0n) is 15.8. The van der Waals surface area contributed by atoms with Crippen molar-refractivity contribution in [1.82, 2.24) is 9.55 Å². The highest BCUT2D eigenvalue weighted by Crippen LogP contribution is 2.56. The Hall–Kier alpha value is -2.51. The molecule has 0 aliphatic carbocycles. The van der Waals surface area contributed by atoms with Gasteiger partial charge in [0.05, 0.1) is 19.4 Å². The molecular formula is C17H15F4N2O8P.